The number of aliphatic carboxylic acids is 2. The van der Waals surface area contributed by atoms with E-state index in [-0.39, 0.29) is 10.6 Å². The van der Waals surface area contributed by atoms with Gasteiger partial charge in [0.05, 0.1) is 20.5 Å². The van der Waals surface area contributed by atoms with Gasteiger partial charge in [-0.1, -0.05) is 34.8 Å². The summed E-state index contributed by atoms with van der Waals surface area (Å²) in [6.45, 7) is 2.72. The van der Waals surface area contributed by atoms with Crippen molar-refractivity contribution < 1.29 is 19.8 Å². The van der Waals surface area contributed by atoms with Crippen molar-refractivity contribution in [1.29, 1.82) is 0 Å². The summed E-state index contributed by atoms with van der Waals surface area (Å²) < 4.78 is 0. The summed E-state index contributed by atoms with van der Waals surface area (Å²) in [6, 6.07) is 0. The van der Waals surface area contributed by atoms with E-state index in [4.69, 9.17) is 51.5 Å². The number of halogens is 4. The molecular formula is C10H8Cl4O4. The molecule has 2 unspecified atom stereocenters. The zero-order chi connectivity index (χ0) is 14.5. The fourth-order valence-corrected chi connectivity index (χ4v) is 3.01. The molecule has 0 radical (unpaired) electrons. The van der Waals surface area contributed by atoms with Crippen LogP contribution >= 0.6 is 46.4 Å². The number of carbonyl (C=O) groups is 2. The normalized spacial score (nSPS) is 32.8. The Bertz CT molecular complexity index is 506. The van der Waals surface area contributed by atoms with Crippen LogP contribution in [0.25, 0.3) is 0 Å². The summed E-state index contributed by atoms with van der Waals surface area (Å²) in [4.78, 5) is 18.4. The van der Waals surface area contributed by atoms with Crippen LogP contribution in [0.3, 0.4) is 0 Å². The molecular weight excluding hydrogens is 326 g/mol. The van der Waals surface area contributed by atoms with Crippen molar-refractivity contribution in [3.63, 3.8) is 0 Å². The van der Waals surface area contributed by atoms with Gasteiger partial charge in [-0.25, -0.2) is 9.59 Å². The summed E-state index contributed by atoms with van der Waals surface area (Å²) in [5.74, 6) is -3.20. The first kappa shape index (κ1) is 15.6. The van der Waals surface area contributed by atoms with Gasteiger partial charge in [-0.2, -0.15) is 0 Å². The second kappa shape index (κ2) is 4.60. The van der Waals surface area contributed by atoms with Crippen LogP contribution in [-0.2, 0) is 9.59 Å². The third-order valence-corrected chi connectivity index (χ3v) is 5.29. The van der Waals surface area contributed by atoms with Gasteiger partial charge >= 0.3 is 11.9 Å². The lowest BCUT2D eigenvalue weighted by atomic mass is 9.77. The standard InChI is InChI=1S/C10H8Cl4O4/c1-3-5(11)6(12)4(7(15)16)10(14,8(17)18)9(3,2)13/h1-2H3,(H,15,16)(H,17,18). The number of hydrogen-bond donors (Lipinski definition) is 2. The molecule has 0 bridgehead atoms. The van der Waals surface area contributed by atoms with Crippen LogP contribution in [0.1, 0.15) is 13.8 Å². The molecule has 0 aromatic rings. The summed E-state index contributed by atoms with van der Waals surface area (Å²) in [7, 11) is 0. The molecule has 100 valence electrons. The molecule has 1 rings (SSSR count). The summed E-state index contributed by atoms with van der Waals surface area (Å²) in [5.41, 5.74) is -0.551. The highest BCUT2D eigenvalue weighted by Gasteiger charge is 2.61. The SMILES string of the molecule is CC1=C(Cl)C(Cl)=C(C(=O)O)C(Cl)(C(=O)O)C1(C)Cl. The highest BCUT2D eigenvalue weighted by atomic mass is 35.5. The zero-order valence-corrected chi connectivity index (χ0v) is 12.2. The average molecular weight is 334 g/mol. The van der Waals surface area contributed by atoms with Crippen LogP contribution in [-0.4, -0.2) is 31.9 Å². The lowest BCUT2D eigenvalue weighted by Crippen LogP contribution is -2.55. The first-order valence-electron chi connectivity index (χ1n) is 4.61. The van der Waals surface area contributed by atoms with Crippen molar-refractivity contribution >= 4 is 58.3 Å². The average Bonchev–Trinajstić information content (AvgIpc) is 2.24. The first-order chi connectivity index (χ1) is 7.99. The maximum atomic E-state index is 11.4. The highest BCUT2D eigenvalue weighted by Crippen LogP contribution is 2.53. The van der Waals surface area contributed by atoms with E-state index in [0.717, 1.165) is 0 Å². The van der Waals surface area contributed by atoms with Crippen molar-refractivity contribution in [2.24, 2.45) is 0 Å². The molecule has 1 aliphatic rings. The Labute approximate surface area is 123 Å². The van der Waals surface area contributed by atoms with E-state index in [1.54, 1.807) is 0 Å². The van der Waals surface area contributed by atoms with Crippen LogP contribution in [0.4, 0.5) is 0 Å². The summed E-state index contributed by atoms with van der Waals surface area (Å²) in [6.07, 6.45) is 0. The quantitative estimate of drug-likeness (QED) is 0.761. The van der Waals surface area contributed by atoms with E-state index in [2.05, 4.69) is 0 Å². The van der Waals surface area contributed by atoms with Gasteiger partial charge < -0.3 is 10.2 Å². The Morgan fingerprint density at radius 3 is 1.89 bits per heavy atom. The molecule has 1 aliphatic carbocycles. The fraction of sp³-hybridized carbons (Fsp3) is 0.400. The maximum absolute atomic E-state index is 11.4. The summed E-state index contributed by atoms with van der Waals surface area (Å²) in [5, 5.41) is 17.8. The largest absolute Gasteiger partial charge is 0.480 e. The molecule has 4 nitrogen and oxygen atoms in total. The van der Waals surface area contributed by atoms with Gasteiger partial charge in [0, 0.05) is 0 Å². The molecule has 18 heavy (non-hydrogen) atoms. The second-order valence-corrected chi connectivity index (χ2v) is 5.98. The van der Waals surface area contributed by atoms with Gasteiger partial charge in [-0.15, -0.1) is 11.6 Å². The van der Waals surface area contributed by atoms with Crippen LogP contribution < -0.4 is 0 Å². The molecule has 0 amide bonds. The molecule has 0 saturated carbocycles. The number of hydrogen-bond acceptors (Lipinski definition) is 2. The monoisotopic (exact) mass is 332 g/mol. The third-order valence-electron chi connectivity index (χ3n) is 2.95. The molecule has 0 spiro atoms. The number of allylic oxidation sites excluding steroid dienone is 3. The van der Waals surface area contributed by atoms with Crippen molar-refractivity contribution in [1.82, 2.24) is 0 Å². The minimum absolute atomic E-state index is 0.107. The molecule has 0 aromatic heterocycles. The van der Waals surface area contributed by atoms with E-state index >= 15 is 0 Å². The number of alkyl halides is 2. The molecule has 2 N–H and O–H groups in total. The number of carboxylic acid groups (broad SMARTS) is 2. The van der Waals surface area contributed by atoms with Crippen LogP contribution in [0, 0.1) is 0 Å². The fourth-order valence-electron chi connectivity index (χ4n) is 1.67. The Balaban J connectivity index is 3.80. The van der Waals surface area contributed by atoms with Gasteiger partial charge in [0.25, 0.3) is 0 Å². The van der Waals surface area contributed by atoms with Crippen molar-refractivity contribution in [2.75, 3.05) is 0 Å². The van der Waals surface area contributed by atoms with Crippen molar-refractivity contribution in [3.8, 4) is 0 Å². The van der Waals surface area contributed by atoms with Crippen molar-refractivity contribution in [3.05, 3.63) is 21.2 Å². The van der Waals surface area contributed by atoms with Gasteiger partial charge in [-0.3, -0.25) is 0 Å². The van der Waals surface area contributed by atoms with Crippen molar-refractivity contribution in [2.45, 2.75) is 23.6 Å². The third kappa shape index (κ3) is 1.83. The molecule has 2 atom stereocenters. The second-order valence-electron chi connectivity index (χ2n) is 3.90. The Morgan fingerprint density at radius 1 is 1.11 bits per heavy atom. The van der Waals surface area contributed by atoms with Crippen LogP contribution in [0.5, 0.6) is 0 Å². The predicted octanol–water partition coefficient (Wildman–Crippen LogP) is 3.15. The minimum atomic E-state index is -2.40. The molecule has 0 saturated heterocycles. The first-order valence-corrected chi connectivity index (χ1v) is 6.12. The Kier molecular flexibility index (Phi) is 4.00. The Hall–Kier alpha value is -0.420. The van der Waals surface area contributed by atoms with Gasteiger partial charge in [-0.05, 0) is 19.4 Å². The van der Waals surface area contributed by atoms with Gasteiger partial charge in [0.2, 0.25) is 0 Å². The molecule has 0 aliphatic heterocycles. The maximum Gasteiger partial charge on any atom is 0.335 e. The van der Waals surface area contributed by atoms with E-state index in [1.807, 2.05) is 0 Å². The van der Waals surface area contributed by atoms with E-state index in [9.17, 15) is 14.7 Å². The smallest absolute Gasteiger partial charge is 0.335 e. The molecule has 0 heterocycles. The summed E-state index contributed by atoms with van der Waals surface area (Å²) >= 11 is 23.7. The number of carboxylic acids is 2. The van der Waals surface area contributed by atoms with E-state index in [0.29, 0.717) is 0 Å². The molecule has 8 heteroatoms. The van der Waals surface area contributed by atoms with Gasteiger partial charge in [0.15, 0.2) is 4.87 Å². The van der Waals surface area contributed by atoms with E-state index in [1.165, 1.54) is 13.8 Å². The van der Waals surface area contributed by atoms with Crippen LogP contribution in [0.15, 0.2) is 21.2 Å². The zero-order valence-electron chi connectivity index (χ0n) is 9.22. The lowest BCUT2D eigenvalue weighted by Gasteiger charge is -2.41. The van der Waals surface area contributed by atoms with Crippen LogP contribution in [0.2, 0.25) is 0 Å². The lowest BCUT2D eigenvalue weighted by molar-refractivity contribution is -0.143. The van der Waals surface area contributed by atoms with E-state index < -0.39 is 32.3 Å². The Morgan fingerprint density at radius 2 is 1.56 bits per heavy atom. The molecule has 0 fully saturated rings. The van der Waals surface area contributed by atoms with Gasteiger partial charge in [0.1, 0.15) is 0 Å². The topological polar surface area (TPSA) is 74.6 Å². The highest BCUT2D eigenvalue weighted by molar-refractivity contribution is 6.53. The molecule has 0 aromatic carbocycles. The number of rotatable bonds is 2. The minimum Gasteiger partial charge on any atom is -0.480 e. The predicted molar refractivity (Wildman–Crippen MR) is 69.5 cm³/mol.